The lowest BCUT2D eigenvalue weighted by molar-refractivity contribution is 0.0690. The van der Waals surface area contributed by atoms with Crippen LogP contribution >= 0.6 is 0 Å². The maximum Gasteiger partial charge on any atom is 0.354 e. The molecule has 2 aromatic rings. The van der Waals surface area contributed by atoms with Gasteiger partial charge in [-0.3, -0.25) is 4.79 Å². The number of carbonyl (C=O) groups is 2. The largest absolute Gasteiger partial charge is 0.477 e. The lowest BCUT2D eigenvalue weighted by atomic mass is 10.1. The van der Waals surface area contributed by atoms with Crippen LogP contribution in [-0.2, 0) is 16.4 Å². The first kappa shape index (κ1) is 17.6. The first-order valence-corrected chi connectivity index (χ1v) is 8.41. The fourth-order valence-corrected chi connectivity index (χ4v) is 2.47. The summed E-state index contributed by atoms with van der Waals surface area (Å²) in [6.07, 6.45) is 1.73. The highest BCUT2D eigenvalue weighted by Crippen LogP contribution is 2.09. The van der Waals surface area contributed by atoms with Gasteiger partial charge >= 0.3 is 5.97 Å². The molecular weight excluding hydrogens is 334 g/mol. The van der Waals surface area contributed by atoms with E-state index < -0.39 is 21.9 Å². The van der Waals surface area contributed by atoms with E-state index in [9.17, 15) is 18.0 Å². The molecule has 4 N–H and O–H groups in total. The molecule has 24 heavy (non-hydrogen) atoms. The molecule has 1 heterocycles. The molecule has 1 aromatic carbocycles. The van der Waals surface area contributed by atoms with Gasteiger partial charge in [-0.05, 0) is 36.2 Å². The summed E-state index contributed by atoms with van der Waals surface area (Å²) in [7, 11) is -3.72. The highest BCUT2D eigenvalue weighted by atomic mass is 32.2. The number of carboxylic acids is 1. The fourth-order valence-electron chi connectivity index (χ4n) is 1.96. The van der Waals surface area contributed by atoms with E-state index in [0.717, 1.165) is 5.56 Å². The minimum absolute atomic E-state index is 0.0215. The second-order valence-electron chi connectivity index (χ2n) is 4.93. The van der Waals surface area contributed by atoms with Crippen molar-refractivity contribution in [2.24, 2.45) is 5.14 Å². The molecule has 0 fully saturated rings. The minimum atomic E-state index is -3.72. The zero-order valence-electron chi connectivity index (χ0n) is 12.5. The van der Waals surface area contributed by atoms with E-state index in [1.54, 1.807) is 12.1 Å². The summed E-state index contributed by atoms with van der Waals surface area (Å²) in [4.78, 5) is 26.5. The smallest absolute Gasteiger partial charge is 0.354 e. The molecule has 0 saturated carbocycles. The number of aromatic nitrogens is 1. The Morgan fingerprint density at radius 3 is 2.42 bits per heavy atom. The molecule has 0 saturated heterocycles. The third-order valence-electron chi connectivity index (χ3n) is 3.19. The molecule has 0 aliphatic rings. The predicted octanol–water partition coefficient (Wildman–Crippen LogP) is 0.400. The van der Waals surface area contributed by atoms with Gasteiger partial charge in [0.15, 0.2) is 0 Å². The molecule has 1 aromatic heterocycles. The Balaban J connectivity index is 1.93. The average Bonchev–Trinajstić information content (AvgIpc) is 2.54. The monoisotopic (exact) mass is 349 g/mol. The third kappa shape index (κ3) is 4.61. The van der Waals surface area contributed by atoms with Crippen LogP contribution in [0.2, 0.25) is 0 Å². The molecule has 0 unspecified atom stereocenters. The number of nitrogens with one attached hydrogen (secondary N) is 1. The number of benzene rings is 1. The molecule has 9 heteroatoms. The van der Waals surface area contributed by atoms with E-state index in [1.165, 1.54) is 30.5 Å². The number of carbonyl (C=O) groups excluding carboxylic acids is 1. The Bertz CT molecular complexity index is 863. The van der Waals surface area contributed by atoms with Crippen LogP contribution in [0, 0.1) is 0 Å². The summed E-state index contributed by atoms with van der Waals surface area (Å²) in [6.45, 7) is 0.304. The lowest BCUT2D eigenvalue weighted by Gasteiger charge is -2.06. The number of primary sulfonamides is 1. The van der Waals surface area contributed by atoms with Crippen molar-refractivity contribution in [2.45, 2.75) is 11.3 Å². The highest BCUT2D eigenvalue weighted by molar-refractivity contribution is 7.89. The summed E-state index contributed by atoms with van der Waals surface area (Å²) in [5.41, 5.74) is 0.817. The number of rotatable bonds is 6. The van der Waals surface area contributed by atoms with Crippen LogP contribution in [0.3, 0.4) is 0 Å². The predicted molar refractivity (Wildman–Crippen MR) is 85.0 cm³/mol. The van der Waals surface area contributed by atoms with Crippen LogP contribution in [-0.4, -0.2) is 36.9 Å². The molecule has 0 aliphatic carbocycles. The number of hydrogen-bond acceptors (Lipinski definition) is 5. The van der Waals surface area contributed by atoms with Crippen molar-refractivity contribution in [1.82, 2.24) is 10.3 Å². The zero-order chi connectivity index (χ0) is 17.7. The summed E-state index contributed by atoms with van der Waals surface area (Å²) in [5, 5.41) is 16.5. The van der Waals surface area contributed by atoms with Crippen LogP contribution in [0.1, 0.15) is 26.4 Å². The molecule has 0 aliphatic heterocycles. The van der Waals surface area contributed by atoms with Gasteiger partial charge in [0.05, 0.1) is 4.90 Å². The average molecular weight is 349 g/mol. The Hall–Kier alpha value is -2.78. The first-order valence-electron chi connectivity index (χ1n) is 6.86. The quantitative estimate of drug-likeness (QED) is 0.690. The maximum atomic E-state index is 12.0. The SMILES string of the molecule is NS(=O)(=O)c1ccc(CCNC(=O)c2ccnc(C(=O)O)c2)cc1. The molecule has 2 rings (SSSR count). The summed E-state index contributed by atoms with van der Waals surface area (Å²) < 4.78 is 22.3. The first-order chi connectivity index (χ1) is 11.3. The number of carboxylic acid groups (broad SMARTS) is 1. The second-order valence-corrected chi connectivity index (χ2v) is 6.49. The van der Waals surface area contributed by atoms with Gasteiger partial charge in [-0.2, -0.15) is 0 Å². The van der Waals surface area contributed by atoms with Crippen molar-refractivity contribution in [1.29, 1.82) is 0 Å². The number of amides is 1. The molecule has 0 spiro atoms. The number of nitrogens with two attached hydrogens (primary N) is 1. The maximum absolute atomic E-state index is 12.0. The van der Waals surface area contributed by atoms with E-state index in [2.05, 4.69) is 10.3 Å². The number of nitrogens with zero attached hydrogens (tertiary/aromatic N) is 1. The highest BCUT2D eigenvalue weighted by Gasteiger charge is 2.10. The molecule has 0 bridgehead atoms. The number of hydrogen-bond donors (Lipinski definition) is 3. The number of pyridine rings is 1. The second kappa shape index (κ2) is 7.20. The van der Waals surface area contributed by atoms with Crippen molar-refractivity contribution >= 4 is 21.9 Å². The van der Waals surface area contributed by atoms with Crippen molar-refractivity contribution < 1.29 is 23.1 Å². The molecule has 0 radical (unpaired) electrons. The van der Waals surface area contributed by atoms with Crippen LogP contribution in [0.4, 0.5) is 0 Å². The lowest BCUT2D eigenvalue weighted by Crippen LogP contribution is -2.26. The summed E-state index contributed by atoms with van der Waals surface area (Å²) in [6, 6.07) is 8.63. The Labute approximate surface area is 138 Å². The Morgan fingerprint density at radius 2 is 1.83 bits per heavy atom. The van der Waals surface area contributed by atoms with Gasteiger partial charge in [0, 0.05) is 18.3 Å². The fraction of sp³-hybridized carbons (Fsp3) is 0.133. The van der Waals surface area contributed by atoms with Crippen LogP contribution in [0.15, 0.2) is 47.5 Å². The van der Waals surface area contributed by atoms with Crippen molar-refractivity contribution in [3.63, 3.8) is 0 Å². The van der Waals surface area contributed by atoms with E-state index in [1.807, 2.05) is 0 Å². The normalized spacial score (nSPS) is 11.0. The van der Waals surface area contributed by atoms with Crippen molar-refractivity contribution in [3.05, 3.63) is 59.4 Å². The Kier molecular flexibility index (Phi) is 5.27. The zero-order valence-corrected chi connectivity index (χ0v) is 13.3. The van der Waals surface area contributed by atoms with Gasteiger partial charge in [0.2, 0.25) is 10.0 Å². The van der Waals surface area contributed by atoms with E-state index in [4.69, 9.17) is 10.2 Å². The summed E-state index contributed by atoms with van der Waals surface area (Å²) in [5.74, 6) is -1.62. The van der Waals surface area contributed by atoms with Gasteiger partial charge in [-0.25, -0.2) is 23.3 Å². The van der Waals surface area contributed by atoms with Crippen LogP contribution in [0.5, 0.6) is 0 Å². The topological polar surface area (TPSA) is 139 Å². The standard InChI is InChI=1S/C15H15N3O5S/c16-24(22,23)12-3-1-10(2-4-12)5-7-18-14(19)11-6-8-17-13(9-11)15(20)21/h1-4,6,8-9H,5,7H2,(H,18,19)(H,20,21)(H2,16,22,23). The molecular formula is C15H15N3O5S. The van der Waals surface area contributed by atoms with Crippen molar-refractivity contribution in [3.8, 4) is 0 Å². The van der Waals surface area contributed by atoms with Gasteiger partial charge < -0.3 is 10.4 Å². The minimum Gasteiger partial charge on any atom is -0.477 e. The molecule has 126 valence electrons. The van der Waals surface area contributed by atoms with Gasteiger partial charge in [0.25, 0.3) is 5.91 Å². The molecule has 1 amide bonds. The number of aromatic carboxylic acids is 1. The molecule has 8 nitrogen and oxygen atoms in total. The van der Waals surface area contributed by atoms with E-state index in [-0.39, 0.29) is 16.2 Å². The summed E-state index contributed by atoms with van der Waals surface area (Å²) >= 11 is 0. The Morgan fingerprint density at radius 1 is 1.17 bits per heavy atom. The third-order valence-corrected chi connectivity index (χ3v) is 4.12. The van der Waals surface area contributed by atoms with Crippen LogP contribution in [0.25, 0.3) is 0 Å². The van der Waals surface area contributed by atoms with Gasteiger partial charge in [-0.15, -0.1) is 0 Å². The molecule has 0 atom stereocenters. The van der Waals surface area contributed by atoms with Crippen molar-refractivity contribution in [2.75, 3.05) is 6.54 Å². The van der Waals surface area contributed by atoms with E-state index in [0.29, 0.717) is 13.0 Å². The number of sulfonamides is 1. The van der Waals surface area contributed by atoms with Gasteiger partial charge in [-0.1, -0.05) is 12.1 Å². The van der Waals surface area contributed by atoms with Crippen LogP contribution < -0.4 is 10.5 Å². The van der Waals surface area contributed by atoms with E-state index >= 15 is 0 Å². The van der Waals surface area contributed by atoms with Gasteiger partial charge in [0.1, 0.15) is 5.69 Å².